The van der Waals surface area contributed by atoms with E-state index in [0.717, 1.165) is 11.3 Å². The van der Waals surface area contributed by atoms with Crippen LogP contribution in [0.4, 0.5) is 0 Å². The van der Waals surface area contributed by atoms with Crippen LogP contribution in [0.2, 0.25) is 5.02 Å². The maximum atomic E-state index is 13.2. The predicted molar refractivity (Wildman–Crippen MR) is 111 cm³/mol. The molecule has 2 aromatic carbocycles. The molecule has 0 amide bonds. The molecular weight excluding hydrogens is 424 g/mol. The predicted octanol–water partition coefficient (Wildman–Crippen LogP) is 4.61. The number of aromatic hydroxyl groups is 1. The molecule has 0 aliphatic carbocycles. The zero-order chi connectivity index (χ0) is 19.8. The number of amidine groups is 1. The van der Waals surface area contributed by atoms with Crippen molar-refractivity contribution in [1.82, 2.24) is 0 Å². The molecular formula is C18H15ClN2O3S3. The van der Waals surface area contributed by atoms with Gasteiger partial charge in [0.15, 0.2) is 0 Å². The minimum atomic E-state index is -3.93. The SMILES string of the molecule is CSc1sc(C(=N)N)cc1S(=O)(=O)c1cc(O)cc(-c2ccccc2Cl)c1. The van der Waals surface area contributed by atoms with E-state index < -0.39 is 9.84 Å². The van der Waals surface area contributed by atoms with Gasteiger partial charge >= 0.3 is 0 Å². The average molecular weight is 439 g/mol. The van der Waals surface area contributed by atoms with Crippen LogP contribution in [-0.2, 0) is 9.84 Å². The normalized spacial score (nSPS) is 11.5. The van der Waals surface area contributed by atoms with E-state index in [4.69, 9.17) is 22.7 Å². The monoisotopic (exact) mass is 438 g/mol. The molecule has 1 aromatic heterocycles. The molecule has 0 saturated carbocycles. The van der Waals surface area contributed by atoms with E-state index in [1.807, 2.05) is 0 Å². The molecule has 0 aliphatic rings. The zero-order valence-corrected chi connectivity index (χ0v) is 17.3. The van der Waals surface area contributed by atoms with Crippen molar-refractivity contribution in [2.45, 2.75) is 14.0 Å². The van der Waals surface area contributed by atoms with E-state index in [-0.39, 0.29) is 21.4 Å². The first kappa shape index (κ1) is 19.8. The second-order valence-electron chi connectivity index (χ2n) is 5.58. The molecule has 0 bridgehead atoms. The van der Waals surface area contributed by atoms with Crippen LogP contribution in [0.1, 0.15) is 4.88 Å². The molecule has 4 N–H and O–H groups in total. The number of hydrogen-bond donors (Lipinski definition) is 3. The van der Waals surface area contributed by atoms with Gasteiger partial charge in [-0.15, -0.1) is 23.1 Å². The van der Waals surface area contributed by atoms with E-state index in [2.05, 4.69) is 0 Å². The number of nitrogens with two attached hydrogens (primary N) is 1. The minimum Gasteiger partial charge on any atom is -0.508 e. The topological polar surface area (TPSA) is 104 Å². The molecule has 9 heteroatoms. The van der Waals surface area contributed by atoms with E-state index in [9.17, 15) is 13.5 Å². The molecule has 27 heavy (non-hydrogen) atoms. The Morgan fingerprint density at radius 1 is 1.22 bits per heavy atom. The summed E-state index contributed by atoms with van der Waals surface area (Å²) in [5.41, 5.74) is 6.62. The molecule has 140 valence electrons. The van der Waals surface area contributed by atoms with E-state index in [0.29, 0.717) is 25.2 Å². The second-order valence-corrected chi connectivity index (χ2v) is 10.0. The zero-order valence-electron chi connectivity index (χ0n) is 14.1. The molecule has 1 heterocycles. The first-order chi connectivity index (χ1) is 12.7. The quantitative estimate of drug-likeness (QED) is 0.306. The van der Waals surface area contributed by atoms with Crippen LogP contribution in [-0.4, -0.2) is 25.6 Å². The van der Waals surface area contributed by atoms with Crippen LogP contribution in [0.3, 0.4) is 0 Å². The number of phenols is 1. The molecule has 3 aromatic rings. The molecule has 3 rings (SSSR count). The Labute approximate surface area is 170 Å². The number of sulfone groups is 1. The lowest BCUT2D eigenvalue weighted by Crippen LogP contribution is -2.08. The number of thioether (sulfide) groups is 1. The van der Waals surface area contributed by atoms with E-state index in [1.54, 1.807) is 30.5 Å². The highest BCUT2D eigenvalue weighted by Gasteiger charge is 2.26. The molecule has 0 spiro atoms. The van der Waals surface area contributed by atoms with Gasteiger partial charge in [-0.25, -0.2) is 8.42 Å². The van der Waals surface area contributed by atoms with Crippen molar-refractivity contribution in [3.05, 3.63) is 58.4 Å². The van der Waals surface area contributed by atoms with Gasteiger partial charge in [0.2, 0.25) is 9.84 Å². The Bertz CT molecular complexity index is 1140. The molecule has 5 nitrogen and oxygen atoms in total. The van der Waals surface area contributed by atoms with Gasteiger partial charge in [0, 0.05) is 10.6 Å². The van der Waals surface area contributed by atoms with Gasteiger partial charge in [-0.3, -0.25) is 5.41 Å². The van der Waals surface area contributed by atoms with E-state index >= 15 is 0 Å². The number of nitrogen functional groups attached to an aromatic ring is 1. The van der Waals surface area contributed by atoms with Crippen LogP contribution in [0, 0.1) is 5.41 Å². The van der Waals surface area contributed by atoms with Crippen LogP contribution in [0.5, 0.6) is 5.75 Å². The molecule has 0 aliphatic heterocycles. The van der Waals surface area contributed by atoms with Crippen molar-refractivity contribution in [3.63, 3.8) is 0 Å². The summed E-state index contributed by atoms with van der Waals surface area (Å²) < 4.78 is 26.9. The number of phenolic OH excluding ortho intramolecular Hbond substituents is 1. The number of thiophene rings is 1. The van der Waals surface area contributed by atoms with Gasteiger partial charge in [0.1, 0.15) is 11.6 Å². The van der Waals surface area contributed by atoms with E-state index in [1.165, 1.54) is 36.0 Å². The third-order valence-corrected chi connectivity index (χ3v) is 8.44. The van der Waals surface area contributed by atoms with Gasteiger partial charge in [-0.1, -0.05) is 29.8 Å². The lowest BCUT2D eigenvalue weighted by Gasteiger charge is -2.10. The van der Waals surface area contributed by atoms with Gasteiger partial charge in [-0.2, -0.15) is 0 Å². The Kier molecular flexibility index (Phi) is 5.53. The van der Waals surface area contributed by atoms with Gasteiger partial charge in [0.25, 0.3) is 0 Å². The summed E-state index contributed by atoms with van der Waals surface area (Å²) in [7, 11) is -3.93. The largest absolute Gasteiger partial charge is 0.508 e. The third kappa shape index (κ3) is 3.84. The van der Waals surface area contributed by atoms with Crippen molar-refractivity contribution >= 4 is 50.4 Å². The van der Waals surface area contributed by atoms with Crippen molar-refractivity contribution < 1.29 is 13.5 Å². The maximum Gasteiger partial charge on any atom is 0.208 e. The lowest BCUT2D eigenvalue weighted by molar-refractivity contribution is 0.473. The fourth-order valence-electron chi connectivity index (χ4n) is 2.54. The first-order valence-corrected chi connectivity index (χ1v) is 11.5. The summed E-state index contributed by atoms with van der Waals surface area (Å²) in [5.74, 6) is -0.372. The smallest absolute Gasteiger partial charge is 0.208 e. The number of hydrogen-bond acceptors (Lipinski definition) is 6. The Morgan fingerprint density at radius 3 is 2.56 bits per heavy atom. The second kappa shape index (κ2) is 7.55. The first-order valence-electron chi connectivity index (χ1n) is 7.60. The van der Waals surface area contributed by atoms with Crippen molar-refractivity contribution in [2.24, 2.45) is 5.73 Å². The van der Waals surface area contributed by atoms with Crippen molar-refractivity contribution in [1.29, 1.82) is 5.41 Å². The van der Waals surface area contributed by atoms with Crippen LogP contribution in [0.25, 0.3) is 11.1 Å². The fraction of sp³-hybridized carbons (Fsp3) is 0.0556. The van der Waals surface area contributed by atoms with Crippen molar-refractivity contribution in [3.8, 4) is 16.9 Å². The van der Waals surface area contributed by atoms with Crippen LogP contribution in [0.15, 0.2) is 62.5 Å². The fourth-order valence-corrected chi connectivity index (χ4v) is 6.70. The van der Waals surface area contributed by atoms with Gasteiger partial charge < -0.3 is 10.8 Å². The minimum absolute atomic E-state index is 0.0550. The summed E-state index contributed by atoms with van der Waals surface area (Å²) in [5, 5.41) is 18.1. The molecule has 0 atom stereocenters. The summed E-state index contributed by atoms with van der Waals surface area (Å²) >= 11 is 8.62. The number of halogens is 1. The van der Waals surface area contributed by atoms with Crippen molar-refractivity contribution in [2.75, 3.05) is 6.26 Å². The molecule has 0 saturated heterocycles. The van der Waals surface area contributed by atoms with Crippen LogP contribution >= 0.6 is 34.7 Å². The highest BCUT2D eigenvalue weighted by Crippen LogP contribution is 2.39. The summed E-state index contributed by atoms with van der Waals surface area (Å²) in [6.07, 6.45) is 1.76. The highest BCUT2D eigenvalue weighted by atomic mass is 35.5. The average Bonchev–Trinajstić information content (AvgIpc) is 3.07. The lowest BCUT2D eigenvalue weighted by atomic mass is 10.1. The Balaban J connectivity index is 2.19. The Hall–Kier alpha value is -2.00. The highest BCUT2D eigenvalue weighted by molar-refractivity contribution is 8.01. The van der Waals surface area contributed by atoms with Crippen LogP contribution < -0.4 is 5.73 Å². The Morgan fingerprint density at radius 2 is 1.93 bits per heavy atom. The molecule has 0 radical (unpaired) electrons. The van der Waals surface area contributed by atoms with Gasteiger partial charge in [-0.05, 0) is 42.2 Å². The number of benzene rings is 2. The standard InChI is InChI=1S/C18H15ClN2O3S3/c1-25-18-16(9-15(26-18)17(20)21)27(23,24)12-7-10(6-11(22)8-12)13-4-2-3-5-14(13)19/h2-9,22H,1H3,(H3,20,21). The number of rotatable bonds is 5. The molecule has 0 unspecified atom stereocenters. The maximum absolute atomic E-state index is 13.2. The summed E-state index contributed by atoms with van der Waals surface area (Å²) in [4.78, 5) is 0.394. The summed E-state index contributed by atoms with van der Waals surface area (Å²) in [6.45, 7) is 0. The third-order valence-electron chi connectivity index (χ3n) is 3.79. The summed E-state index contributed by atoms with van der Waals surface area (Å²) in [6, 6.07) is 12.5. The number of nitrogens with one attached hydrogen (secondary N) is 1. The van der Waals surface area contributed by atoms with Gasteiger partial charge in [0.05, 0.1) is 18.9 Å². The molecule has 0 fully saturated rings.